The summed E-state index contributed by atoms with van der Waals surface area (Å²) in [6.07, 6.45) is 17.9. The lowest BCUT2D eigenvalue weighted by Crippen LogP contribution is -2.37. The lowest BCUT2D eigenvalue weighted by Gasteiger charge is -2.22. The zero-order valence-corrected chi connectivity index (χ0v) is 51.3. The summed E-state index contributed by atoms with van der Waals surface area (Å²) in [5, 5.41) is 14.8. The molecular formula is C56H63F3I2N16O7. The summed E-state index contributed by atoms with van der Waals surface area (Å²) >= 11 is 3.81. The van der Waals surface area contributed by atoms with Gasteiger partial charge < -0.3 is 60.7 Å². The number of primary amides is 2. The highest BCUT2D eigenvalue weighted by atomic mass is 127. The number of fused-ring (bicyclic) bond motifs is 2. The average Bonchev–Trinajstić information content (AvgIpc) is 3.38. The maximum atomic E-state index is 14.7. The number of methoxy groups -OCH3 is 2. The highest BCUT2D eigenvalue weighted by molar-refractivity contribution is 14.1. The van der Waals surface area contributed by atoms with Gasteiger partial charge in [-0.1, -0.05) is 26.0 Å². The Morgan fingerprint density at radius 1 is 0.738 bits per heavy atom. The van der Waals surface area contributed by atoms with Gasteiger partial charge in [0.25, 0.3) is 11.8 Å². The first-order valence-corrected chi connectivity index (χ1v) is 27.7. The Bertz CT molecular complexity index is 3670. The van der Waals surface area contributed by atoms with E-state index in [2.05, 4.69) is 66.7 Å². The first-order valence-electron chi connectivity index (χ1n) is 25.5. The number of aryl methyl sites for hydroxylation is 2. The van der Waals surface area contributed by atoms with Crippen LogP contribution in [0.1, 0.15) is 87.3 Å². The molecule has 28 heteroatoms. The quantitative estimate of drug-likeness (QED) is 0.0391. The van der Waals surface area contributed by atoms with Gasteiger partial charge in [-0.15, -0.1) is 6.42 Å². The molecule has 2 aliphatic rings. The van der Waals surface area contributed by atoms with Crippen molar-refractivity contribution in [3.8, 4) is 24.2 Å². The van der Waals surface area contributed by atoms with E-state index in [4.69, 9.17) is 33.1 Å². The van der Waals surface area contributed by atoms with Gasteiger partial charge in [-0.2, -0.15) is 10.2 Å². The van der Waals surface area contributed by atoms with Crippen LogP contribution in [0.3, 0.4) is 0 Å². The number of nitrogens with one attached hydrogen (secondary N) is 2. The van der Waals surface area contributed by atoms with Crippen LogP contribution >= 0.6 is 45.2 Å². The van der Waals surface area contributed by atoms with Crippen molar-refractivity contribution in [3.05, 3.63) is 139 Å². The van der Waals surface area contributed by atoms with Crippen molar-refractivity contribution < 1.29 is 46.6 Å². The number of likely N-dealkylation sites (tertiary alicyclic amines) is 2. The molecule has 84 heavy (non-hydrogen) atoms. The number of carbonyl (C=O) groups excluding carboxylic acids is 5. The number of pyridine rings is 3. The predicted octanol–water partition coefficient (Wildman–Crippen LogP) is 5.86. The molecule has 0 aliphatic carbocycles. The first-order chi connectivity index (χ1) is 40.1. The maximum Gasteiger partial charge on any atom is 0.255 e. The second-order valence-corrected chi connectivity index (χ2v) is 20.7. The van der Waals surface area contributed by atoms with Crippen molar-refractivity contribution in [2.45, 2.75) is 64.2 Å². The number of carbonyl (C=O) groups is 5. The van der Waals surface area contributed by atoms with Crippen molar-refractivity contribution >= 4 is 104 Å². The molecule has 23 nitrogen and oxygen atoms in total. The maximum absolute atomic E-state index is 14.7. The molecule has 9 heterocycles. The molecular weight excluding hydrogens is 1320 g/mol. The van der Waals surface area contributed by atoms with Crippen LogP contribution in [0.4, 0.5) is 30.6 Å². The number of hydrogen-bond acceptors (Lipinski definition) is 15. The van der Waals surface area contributed by atoms with Crippen molar-refractivity contribution in [3.63, 3.8) is 0 Å². The Morgan fingerprint density at radius 2 is 1.19 bits per heavy atom. The van der Waals surface area contributed by atoms with Gasteiger partial charge in [0.15, 0.2) is 23.1 Å². The van der Waals surface area contributed by atoms with E-state index < -0.39 is 17.6 Å². The SMILES string of the molecule is C#Cc1nn([C@H]2C[C@H](COC)N(C(=O)C=C)C2)c(NC)c1C(N)=O.C=CC(=O)N1C[C@@H](n2nc(C#Cc3cc4ncc(C)n4cc3F)c(C(N)=O)c2NC)C[C@@H]1COC.CCC=O.Cc1cnc2cc(I)c(F)cn12.Nc1cc(I)c(F)cn1. The van der Waals surface area contributed by atoms with E-state index in [1.807, 2.05) is 66.0 Å². The van der Waals surface area contributed by atoms with E-state index >= 15 is 0 Å². The molecule has 2 aliphatic heterocycles. The molecule has 7 aromatic rings. The summed E-state index contributed by atoms with van der Waals surface area (Å²) in [5.41, 5.74) is 20.1. The topological polar surface area (TPSA) is 296 Å². The monoisotopic (exact) mass is 1380 g/mol. The van der Waals surface area contributed by atoms with Crippen LogP contribution < -0.4 is 27.8 Å². The summed E-state index contributed by atoms with van der Waals surface area (Å²) in [4.78, 5) is 72.9. The Hall–Kier alpha value is -8.33. The van der Waals surface area contributed by atoms with Gasteiger partial charge >= 0.3 is 0 Å². The number of halogens is 5. The van der Waals surface area contributed by atoms with Crippen LogP contribution in [-0.4, -0.2) is 150 Å². The fourth-order valence-electron chi connectivity index (χ4n) is 9.01. The second kappa shape index (κ2) is 30.8. The molecule has 0 bridgehead atoms. The molecule has 2 saturated heterocycles. The number of ether oxygens (including phenoxy) is 2. The van der Waals surface area contributed by atoms with Gasteiger partial charge in [0, 0.05) is 84.0 Å². The highest BCUT2D eigenvalue weighted by Gasteiger charge is 2.39. The summed E-state index contributed by atoms with van der Waals surface area (Å²) in [5.74, 6) is 6.28. The third-order valence-electron chi connectivity index (χ3n) is 12.9. The van der Waals surface area contributed by atoms with E-state index in [1.54, 1.807) is 74.7 Å². The zero-order valence-electron chi connectivity index (χ0n) is 47.0. The minimum atomic E-state index is -0.727. The van der Waals surface area contributed by atoms with Crippen molar-refractivity contribution in [2.75, 3.05) is 71.0 Å². The Labute approximate surface area is 509 Å². The summed E-state index contributed by atoms with van der Waals surface area (Å²) in [7, 11) is 6.45. The number of anilines is 3. The number of aldehydes is 1. The van der Waals surface area contributed by atoms with Gasteiger partial charge in [-0.05, 0) is 114 Å². The lowest BCUT2D eigenvalue weighted by atomic mass is 10.1. The van der Waals surface area contributed by atoms with Crippen LogP contribution in [-0.2, 0) is 23.9 Å². The number of rotatable bonds is 13. The van der Waals surface area contributed by atoms with Crippen molar-refractivity contribution in [1.29, 1.82) is 0 Å². The van der Waals surface area contributed by atoms with Gasteiger partial charge in [0.2, 0.25) is 11.8 Å². The summed E-state index contributed by atoms with van der Waals surface area (Å²) in [6.45, 7) is 14.1. The fourth-order valence-corrected chi connectivity index (χ4v) is 9.89. The molecule has 444 valence electrons. The number of imidazole rings is 2. The molecule has 2 fully saturated rings. The van der Waals surface area contributed by atoms with Crippen LogP contribution in [0.25, 0.3) is 11.3 Å². The van der Waals surface area contributed by atoms with E-state index in [0.717, 1.165) is 29.5 Å². The number of hydrogen-bond donors (Lipinski definition) is 5. The van der Waals surface area contributed by atoms with E-state index in [1.165, 1.54) is 36.7 Å². The summed E-state index contributed by atoms with van der Waals surface area (Å²) in [6, 6.07) is 4.02. The molecule has 9 rings (SSSR count). The number of nitrogen functional groups attached to an aromatic ring is 1. The molecule has 4 atom stereocenters. The highest BCUT2D eigenvalue weighted by Crippen LogP contribution is 2.34. The lowest BCUT2D eigenvalue weighted by molar-refractivity contribution is -0.128. The molecule has 0 unspecified atom stereocenters. The fraction of sp³-hybridized carbons (Fsp3) is 0.321. The Morgan fingerprint density at radius 3 is 1.61 bits per heavy atom. The molecule has 0 aromatic carbocycles. The van der Waals surface area contributed by atoms with Crippen molar-refractivity contribution in [2.24, 2.45) is 11.5 Å². The van der Waals surface area contributed by atoms with Gasteiger partial charge in [0.1, 0.15) is 51.9 Å². The molecule has 8 N–H and O–H groups in total. The number of aromatic nitrogens is 9. The smallest absolute Gasteiger partial charge is 0.255 e. The minimum absolute atomic E-state index is 0.0925. The number of nitrogens with two attached hydrogens (primary N) is 3. The molecule has 0 radical (unpaired) electrons. The Kier molecular flexibility index (Phi) is 24.4. The molecule has 7 aromatic heterocycles. The van der Waals surface area contributed by atoms with Crippen molar-refractivity contribution in [1.82, 2.24) is 53.1 Å². The first kappa shape index (κ1) is 66.5. The average molecular weight is 1380 g/mol. The van der Waals surface area contributed by atoms with Gasteiger partial charge in [-0.25, -0.2) is 37.5 Å². The number of amides is 4. The normalized spacial score (nSPS) is 15.8. The second-order valence-electron chi connectivity index (χ2n) is 18.4. The minimum Gasteiger partial charge on any atom is -0.384 e. The molecule has 0 spiro atoms. The third-order valence-corrected chi connectivity index (χ3v) is 14.5. The third kappa shape index (κ3) is 15.9. The molecule has 0 saturated carbocycles. The van der Waals surface area contributed by atoms with E-state index in [9.17, 15) is 37.1 Å². The van der Waals surface area contributed by atoms with Crippen LogP contribution in [0.5, 0.6) is 0 Å². The zero-order chi connectivity index (χ0) is 62.1. The molecule has 4 amide bonds. The number of nitrogens with zero attached hydrogens (tertiary/aromatic N) is 11. The summed E-state index contributed by atoms with van der Waals surface area (Å²) < 4.78 is 58.3. The van der Waals surface area contributed by atoms with Crippen LogP contribution in [0.15, 0.2) is 74.5 Å². The van der Waals surface area contributed by atoms with Gasteiger partial charge in [0.05, 0.1) is 56.3 Å². The van der Waals surface area contributed by atoms with Gasteiger partial charge in [-0.3, -0.25) is 19.2 Å². The van der Waals surface area contributed by atoms with Crippen LogP contribution in [0.2, 0.25) is 0 Å². The van der Waals surface area contributed by atoms with E-state index in [0.29, 0.717) is 75.8 Å². The van der Waals surface area contributed by atoms with E-state index in [-0.39, 0.29) is 75.7 Å². The Balaban J connectivity index is 0.000000224. The largest absolute Gasteiger partial charge is 0.384 e. The number of terminal acetylenes is 1. The predicted molar refractivity (Wildman–Crippen MR) is 327 cm³/mol. The standard InChI is InChI=1S/C24H26FN7O3.C16H21N5O3.C8H6FIN2.C5H4FIN2.C3H6O/c1-5-21(33)31-11-16(9-17(31)13-35-4)32-24(27-3)22(23(26)34)19(29-32)7-6-15-8-20-28-10-14(2)30(20)12-18(15)25;1-5-12-14(15(17)23)16(18-3)21(19-12)10-7-11(9-24-4)20(8-10)13(22)6-2;1-5-3-11-8-2-7(10)6(9)4-12(5)8;6-3-2-9-5(8)1-4(3)7;1-2-3-4/h5,8,10,12,16-17,27H,1,9,11,13H2,2-4H3,(H2,26,34);1,6,10-11,18H,2,7-9H2,3-4H3,(H2,17,23);2-4H,1H3;1-2H,(H2,8,9);3H,2H2,1H3/t16-,17+;10-,11+;;;/m00.../s1. The van der Waals surface area contributed by atoms with Crippen LogP contribution in [0, 0.1) is 62.6 Å².